The summed E-state index contributed by atoms with van der Waals surface area (Å²) < 4.78 is 5.79. The van der Waals surface area contributed by atoms with Crippen LogP contribution in [0.5, 0.6) is 0 Å². The summed E-state index contributed by atoms with van der Waals surface area (Å²) in [5.74, 6) is 0. The second-order valence-electron chi connectivity index (χ2n) is 4.86. The lowest BCUT2D eigenvalue weighted by Crippen LogP contribution is -2.47. The molecule has 1 unspecified atom stereocenters. The van der Waals surface area contributed by atoms with E-state index in [2.05, 4.69) is 4.90 Å². The highest BCUT2D eigenvalue weighted by atomic mass is 16.5. The van der Waals surface area contributed by atoms with E-state index < -0.39 is 0 Å². The van der Waals surface area contributed by atoms with E-state index in [1.165, 1.54) is 38.5 Å². The van der Waals surface area contributed by atoms with Crippen LogP contribution < -0.4 is 5.73 Å². The summed E-state index contributed by atoms with van der Waals surface area (Å²) in [7, 11) is 0. The van der Waals surface area contributed by atoms with Gasteiger partial charge in [0.25, 0.3) is 0 Å². The van der Waals surface area contributed by atoms with Gasteiger partial charge in [0.1, 0.15) is 0 Å². The molecule has 0 amide bonds. The van der Waals surface area contributed by atoms with E-state index in [4.69, 9.17) is 10.5 Å². The molecular weight excluding hydrogens is 188 g/mol. The molecule has 0 bridgehead atoms. The van der Waals surface area contributed by atoms with Crippen molar-refractivity contribution in [3.8, 4) is 0 Å². The molecule has 2 rings (SSSR count). The zero-order chi connectivity index (χ0) is 10.5. The van der Waals surface area contributed by atoms with Crippen molar-refractivity contribution in [2.24, 2.45) is 5.73 Å². The average Bonchev–Trinajstić information content (AvgIpc) is 2.17. The molecule has 1 aliphatic carbocycles. The van der Waals surface area contributed by atoms with Gasteiger partial charge in [0.05, 0.1) is 6.10 Å². The highest BCUT2D eigenvalue weighted by Crippen LogP contribution is 2.25. The molecule has 15 heavy (non-hydrogen) atoms. The fourth-order valence-electron chi connectivity index (χ4n) is 2.55. The molecule has 0 radical (unpaired) electrons. The summed E-state index contributed by atoms with van der Waals surface area (Å²) >= 11 is 0. The van der Waals surface area contributed by atoms with Crippen LogP contribution in [0, 0.1) is 0 Å². The van der Waals surface area contributed by atoms with Gasteiger partial charge < -0.3 is 10.5 Å². The van der Waals surface area contributed by atoms with Crippen LogP contribution >= 0.6 is 0 Å². The Balaban J connectivity index is 1.76. The van der Waals surface area contributed by atoms with Crippen LogP contribution in [0.3, 0.4) is 0 Å². The van der Waals surface area contributed by atoms with Crippen LogP contribution in [0.1, 0.15) is 38.5 Å². The summed E-state index contributed by atoms with van der Waals surface area (Å²) in [6.07, 6.45) is 8.44. The lowest BCUT2D eigenvalue weighted by atomic mass is 9.91. The lowest BCUT2D eigenvalue weighted by molar-refractivity contribution is -0.0208. The molecule has 0 spiro atoms. The van der Waals surface area contributed by atoms with Gasteiger partial charge >= 0.3 is 0 Å². The summed E-state index contributed by atoms with van der Waals surface area (Å²) in [5.41, 5.74) is 5.67. The maximum absolute atomic E-state index is 5.79. The fraction of sp³-hybridized carbons (Fsp3) is 1.00. The monoisotopic (exact) mass is 212 g/mol. The van der Waals surface area contributed by atoms with E-state index in [9.17, 15) is 0 Å². The van der Waals surface area contributed by atoms with Crippen molar-refractivity contribution in [3.63, 3.8) is 0 Å². The molecule has 2 fully saturated rings. The van der Waals surface area contributed by atoms with Gasteiger partial charge in [-0.05, 0) is 32.1 Å². The Kier molecular flexibility index (Phi) is 4.42. The van der Waals surface area contributed by atoms with Crippen molar-refractivity contribution in [2.45, 2.75) is 50.7 Å². The Morgan fingerprint density at radius 1 is 1.13 bits per heavy atom. The van der Waals surface area contributed by atoms with Gasteiger partial charge in [-0.3, -0.25) is 4.90 Å². The van der Waals surface area contributed by atoms with E-state index in [0.717, 1.165) is 32.3 Å². The Morgan fingerprint density at radius 2 is 2.00 bits per heavy atom. The average molecular weight is 212 g/mol. The Morgan fingerprint density at radius 3 is 2.53 bits per heavy atom. The lowest BCUT2D eigenvalue weighted by Gasteiger charge is -2.39. The Hall–Kier alpha value is -0.120. The van der Waals surface area contributed by atoms with Gasteiger partial charge in [0.15, 0.2) is 0 Å². The van der Waals surface area contributed by atoms with Gasteiger partial charge in [0.2, 0.25) is 0 Å². The topological polar surface area (TPSA) is 38.5 Å². The molecule has 0 aromatic carbocycles. The summed E-state index contributed by atoms with van der Waals surface area (Å²) in [6.45, 7) is 3.90. The van der Waals surface area contributed by atoms with E-state index in [1.54, 1.807) is 0 Å². The van der Waals surface area contributed by atoms with Crippen molar-refractivity contribution in [3.05, 3.63) is 0 Å². The highest BCUT2D eigenvalue weighted by Gasteiger charge is 2.27. The molecule has 2 N–H and O–H groups in total. The number of hydrogen-bond acceptors (Lipinski definition) is 3. The second-order valence-corrected chi connectivity index (χ2v) is 4.86. The summed E-state index contributed by atoms with van der Waals surface area (Å²) in [5, 5.41) is 0. The third-order valence-electron chi connectivity index (χ3n) is 3.72. The second kappa shape index (κ2) is 5.83. The van der Waals surface area contributed by atoms with Gasteiger partial charge in [-0.2, -0.15) is 0 Å². The molecule has 0 aromatic rings. The van der Waals surface area contributed by atoms with E-state index in [1.807, 2.05) is 0 Å². The number of nitrogens with zero attached hydrogens (tertiary/aromatic N) is 1. The van der Waals surface area contributed by atoms with Crippen molar-refractivity contribution >= 4 is 0 Å². The third-order valence-corrected chi connectivity index (χ3v) is 3.72. The largest absolute Gasteiger partial charge is 0.377 e. The van der Waals surface area contributed by atoms with Crippen molar-refractivity contribution in [1.29, 1.82) is 0 Å². The first-order valence-corrected chi connectivity index (χ1v) is 6.46. The number of ether oxygens (including phenoxy) is 1. The summed E-state index contributed by atoms with van der Waals surface area (Å²) in [4.78, 5) is 2.56. The first-order valence-electron chi connectivity index (χ1n) is 6.46. The highest BCUT2D eigenvalue weighted by molar-refractivity contribution is 4.82. The minimum Gasteiger partial charge on any atom is -0.377 e. The predicted molar refractivity (Wildman–Crippen MR) is 61.9 cm³/mol. The molecule has 1 aliphatic heterocycles. The molecule has 2 aliphatic rings. The normalized spacial score (nSPS) is 28.0. The van der Waals surface area contributed by atoms with Crippen molar-refractivity contribution < 1.29 is 4.74 Å². The van der Waals surface area contributed by atoms with E-state index in [0.29, 0.717) is 6.10 Å². The van der Waals surface area contributed by atoms with Gasteiger partial charge in [-0.25, -0.2) is 0 Å². The molecule has 88 valence electrons. The predicted octanol–water partition coefficient (Wildman–Crippen LogP) is 1.37. The zero-order valence-electron chi connectivity index (χ0n) is 9.66. The standard InChI is InChI=1S/C12H24N2O/c13-7-8-14(11-4-3-5-11)10-12-6-1-2-9-15-12/h11-12H,1-10,13H2. The molecule has 3 heteroatoms. The first kappa shape index (κ1) is 11.4. The minimum absolute atomic E-state index is 0.478. The minimum atomic E-state index is 0.478. The third kappa shape index (κ3) is 3.16. The van der Waals surface area contributed by atoms with Crippen LogP contribution in [0.25, 0.3) is 0 Å². The molecule has 1 saturated heterocycles. The molecule has 3 nitrogen and oxygen atoms in total. The van der Waals surface area contributed by atoms with Crippen LogP contribution in [-0.2, 0) is 4.74 Å². The van der Waals surface area contributed by atoms with Gasteiger partial charge in [-0.1, -0.05) is 6.42 Å². The smallest absolute Gasteiger partial charge is 0.0702 e. The summed E-state index contributed by atoms with van der Waals surface area (Å²) in [6, 6.07) is 0.805. The fourth-order valence-corrected chi connectivity index (χ4v) is 2.55. The number of nitrogens with two attached hydrogens (primary N) is 1. The zero-order valence-corrected chi connectivity index (χ0v) is 9.66. The van der Waals surface area contributed by atoms with Crippen LogP contribution in [0.15, 0.2) is 0 Å². The molecule has 1 saturated carbocycles. The maximum Gasteiger partial charge on any atom is 0.0702 e. The van der Waals surface area contributed by atoms with Crippen molar-refractivity contribution in [2.75, 3.05) is 26.2 Å². The van der Waals surface area contributed by atoms with E-state index >= 15 is 0 Å². The van der Waals surface area contributed by atoms with Crippen LogP contribution in [0.2, 0.25) is 0 Å². The molecule has 0 aromatic heterocycles. The molecule has 1 heterocycles. The Labute approximate surface area is 93.0 Å². The van der Waals surface area contributed by atoms with Gasteiger partial charge in [-0.15, -0.1) is 0 Å². The van der Waals surface area contributed by atoms with Crippen LogP contribution in [-0.4, -0.2) is 43.3 Å². The molecular formula is C12H24N2O. The molecule has 1 atom stereocenters. The maximum atomic E-state index is 5.79. The van der Waals surface area contributed by atoms with Crippen molar-refractivity contribution in [1.82, 2.24) is 4.90 Å². The van der Waals surface area contributed by atoms with Crippen LogP contribution in [0.4, 0.5) is 0 Å². The van der Waals surface area contributed by atoms with E-state index in [-0.39, 0.29) is 0 Å². The number of hydrogen-bond donors (Lipinski definition) is 1. The Bertz CT molecular complexity index is 176. The number of rotatable bonds is 5. The quantitative estimate of drug-likeness (QED) is 0.748. The SMILES string of the molecule is NCCN(CC1CCCCO1)C1CCC1. The van der Waals surface area contributed by atoms with Gasteiger partial charge in [0, 0.05) is 32.3 Å². The first-order chi connectivity index (χ1) is 7.40.